The maximum Gasteiger partial charge on any atom is 0.338 e. The van der Waals surface area contributed by atoms with E-state index in [-0.39, 0.29) is 12.2 Å². The highest BCUT2D eigenvalue weighted by Crippen LogP contribution is 2.31. The molecule has 1 aliphatic rings. The molecule has 0 N–H and O–H groups in total. The third-order valence-corrected chi connectivity index (χ3v) is 5.95. The Morgan fingerprint density at radius 1 is 1.29 bits per heavy atom. The number of ether oxygens (including phenoxy) is 2. The van der Waals surface area contributed by atoms with Crippen molar-refractivity contribution in [2.24, 2.45) is 12.0 Å². The van der Waals surface area contributed by atoms with Gasteiger partial charge < -0.3 is 9.47 Å². The normalized spacial score (nSPS) is 16.1. The first kappa shape index (κ1) is 20.8. The van der Waals surface area contributed by atoms with Crippen LogP contribution in [-0.4, -0.2) is 34.0 Å². The van der Waals surface area contributed by atoms with Crippen LogP contribution in [0.5, 0.6) is 5.75 Å². The molecule has 8 nitrogen and oxygen atoms in total. The van der Waals surface area contributed by atoms with Crippen LogP contribution in [0.25, 0.3) is 6.08 Å². The molecule has 0 fully saturated rings. The van der Waals surface area contributed by atoms with Crippen molar-refractivity contribution < 1.29 is 14.3 Å². The smallest absolute Gasteiger partial charge is 0.338 e. The third-order valence-electron chi connectivity index (χ3n) is 4.97. The van der Waals surface area contributed by atoms with Gasteiger partial charge in [-0.25, -0.2) is 9.79 Å². The van der Waals surface area contributed by atoms with E-state index in [0.29, 0.717) is 26.4 Å². The van der Waals surface area contributed by atoms with E-state index in [4.69, 9.17) is 9.47 Å². The summed E-state index contributed by atoms with van der Waals surface area (Å²) in [6.45, 7) is 3.75. The summed E-state index contributed by atoms with van der Waals surface area (Å²) in [5, 5.41) is 4.15. The SMILES string of the molecule is CCOC(=O)C1=C(C)N=c2s/c(=C\c3cnn(C)c3)c(=O)n2C1c1ccc(OC)cc1. The highest BCUT2D eigenvalue weighted by molar-refractivity contribution is 7.07. The van der Waals surface area contributed by atoms with Crippen molar-refractivity contribution in [3.63, 3.8) is 0 Å². The fourth-order valence-corrected chi connectivity index (χ4v) is 4.61. The number of allylic oxidation sites excluding steroid dienone is 1. The zero-order valence-electron chi connectivity index (χ0n) is 17.7. The molecule has 1 atom stereocenters. The van der Waals surface area contributed by atoms with Crippen molar-refractivity contribution in [1.82, 2.24) is 14.3 Å². The number of carbonyl (C=O) groups is 1. The van der Waals surface area contributed by atoms with E-state index >= 15 is 0 Å². The molecule has 160 valence electrons. The summed E-state index contributed by atoms with van der Waals surface area (Å²) in [6, 6.07) is 6.66. The second-order valence-corrected chi connectivity index (χ2v) is 8.03. The summed E-state index contributed by atoms with van der Waals surface area (Å²) in [6.07, 6.45) is 5.30. The lowest BCUT2D eigenvalue weighted by molar-refractivity contribution is -0.139. The molecule has 9 heteroatoms. The molecule has 31 heavy (non-hydrogen) atoms. The van der Waals surface area contributed by atoms with Crippen LogP contribution < -0.4 is 19.6 Å². The quantitative estimate of drug-likeness (QED) is 0.564. The monoisotopic (exact) mass is 438 g/mol. The summed E-state index contributed by atoms with van der Waals surface area (Å²) in [5.74, 6) is 0.206. The van der Waals surface area contributed by atoms with Crippen LogP contribution in [0.15, 0.2) is 57.7 Å². The summed E-state index contributed by atoms with van der Waals surface area (Å²) in [4.78, 5) is 31.4. The molecule has 0 saturated heterocycles. The predicted molar refractivity (Wildman–Crippen MR) is 117 cm³/mol. The highest BCUT2D eigenvalue weighted by Gasteiger charge is 2.33. The Hall–Kier alpha value is -3.46. The molecule has 0 amide bonds. The zero-order valence-corrected chi connectivity index (χ0v) is 18.5. The Labute approximate surface area is 182 Å². The number of nitrogens with zero attached hydrogens (tertiary/aromatic N) is 4. The molecule has 1 aromatic carbocycles. The Morgan fingerprint density at radius 3 is 2.65 bits per heavy atom. The summed E-state index contributed by atoms with van der Waals surface area (Å²) >= 11 is 1.28. The molecule has 1 unspecified atom stereocenters. The van der Waals surface area contributed by atoms with Crippen LogP contribution >= 0.6 is 11.3 Å². The summed E-state index contributed by atoms with van der Waals surface area (Å²) < 4.78 is 14.3. The first-order chi connectivity index (χ1) is 14.9. The van der Waals surface area contributed by atoms with Gasteiger partial charge in [-0.2, -0.15) is 5.10 Å². The number of esters is 1. The van der Waals surface area contributed by atoms with Crippen molar-refractivity contribution >= 4 is 23.4 Å². The van der Waals surface area contributed by atoms with Gasteiger partial charge in [0.2, 0.25) is 0 Å². The first-order valence-corrected chi connectivity index (χ1v) is 10.6. The number of rotatable bonds is 5. The number of aromatic nitrogens is 3. The van der Waals surface area contributed by atoms with Gasteiger partial charge in [-0.1, -0.05) is 23.5 Å². The van der Waals surface area contributed by atoms with Gasteiger partial charge in [0.1, 0.15) is 5.75 Å². The maximum absolute atomic E-state index is 13.4. The predicted octanol–water partition coefficient (Wildman–Crippen LogP) is 1.54. The Kier molecular flexibility index (Phi) is 5.60. The summed E-state index contributed by atoms with van der Waals surface area (Å²) in [5.41, 5.74) is 2.26. The molecular weight excluding hydrogens is 416 g/mol. The van der Waals surface area contributed by atoms with E-state index in [1.54, 1.807) is 54.6 Å². The Bertz CT molecular complexity index is 1350. The van der Waals surface area contributed by atoms with Gasteiger partial charge in [0.15, 0.2) is 4.80 Å². The second kappa shape index (κ2) is 8.35. The minimum Gasteiger partial charge on any atom is -0.497 e. The van der Waals surface area contributed by atoms with Crippen molar-refractivity contribution in [2.45, 2.75) is 19.9 Å². The fourth-order valence-electron chi connectivity index (χ4n) is 3.56. The molecule has 4 rings (SSSR count). The van der Waals surface area contributed by atoms with E-state index in [9.17, 15) is 9.59 Å². The number of aryl methyl sites for hydroxylation is 1. The molecular formula is C22H22N4O4S. The van der Waals surface area contributed by atoms with Crippen LogP contribution in [0.2, 0.25) is 0 Å². The van der Waals surface area contributed by atoms with Gasteiger partial charge in [0.05, 0.1) is 41.8 Å². The molecule has 3 heterocycles. The van der Waals surface area contributed by atoms with Crippen molar-refractivity contribution in [1.29, 1.82) is 0 Å². The molecule has 0 bridgehead atoms. The largest absolute Gasteiger partial charge is 0.497 e. The number of hydrogen-bond acceptors (Lipinski definition) is 7. The van der Waals surface area contributed by atoms with Gasteiger partial charge in [0, 0.05) is 18.8 Å². The van der Waals surface area contributed by atoms with Crippen molar-refractivity contribution in [2.75, 3.05) is 13.7 Å². The average molecular weight is 439 g/mol. The zero-order chi connectivity index (χ0) is 22.1. The van der Waals surface area contributed by atoms with Crippen LogP contribution in [0.3, 0.4) is 0 Å². The van der Waals surface area contributed by atoms with Crippen molar-refractivity contribution in [3.05, 3.63) is 78.7 Å². The van der Waals surface area contributed by atoms with Gasteiger partial charge >= 0.3 is 5.97 Å². The Balaban J connectivity index is 1.94. The van der Waals surface area contributed by atoms with Crippen molar-refractivity contribution in [3.8, 4) is 5.75 Å². The molecule has 0 spiro atoms. The first-order valence-electron chi connectivity index (χ1n) is 9.75. The minimum absolute atomic E-state index is 0.220. The van der Waals surface area contributed by atoms with E-state index in [1.807, 2.05) is 25.4 Å². The number of thiazole rings is 1. The molecule has 1 aliphatic heterocycles. The molecule has 2 aromatic heterocycles. The van der Waals surface area contributed by atoms with Crippen LogP contribution in [0, 0.1) is 0 Å². The molecule has 0 saturated carbocycles. The number of hydrogen-bond donors (Lipinski definition) is 0. The van der Waals surface area contributed by atoms with Crippen LogP contribution in [0.1, 0.15) is 31.0 Å². The molecule has 0 radical (unpaired) electrons. The lowest BCUT2D eigenvalue weighted by Gasteiger charge is -2.24. The second-order valence-electron chi connectivity index (χ2n) is 7.02. The average Bonchev–Trinajstić information content (AvgIpc) is 3.30. The van der Waals surface area contributed by atoms with Gasteiger partial charge in [-0.3, -0.25) is 14.0 Å². The third kappa shape index (κ3) is 3.84. The van der Waals surface area contributed by atoms with E-state index < -0.39 is 12.0 Å². The van der Waals surface area contributed by atoms with E-state index in [0.717, 1.165) is 11.1 Å². The van der Waals surface area contributed by atoms with E-state index in [1.165, 1.54) is 11.3 Å². The lowest BCUT2D eigenvalue weighted by Crippen LogP contribution is -2.39. The van der Waals surface area contributed by atoms with Gasteiger partial charge in [-0.15, -0.1) is 0 Å². The highest BCUT2D eigenvalue weighted by atomic mass is 32.1. The number of methoxy groups -OCH3 is 1. The number of benzene rings is 1. The minimum atomic E-state index is -0.641. The van der Waals surface area contributed by atoms with Gasteiger partial charge in [-0.05, 0) is 37.6 Å². The fraction of sp³-hybridized carbons (Fsp3) is 0.273. The van der Waals surface area contributed by atoms with E-state index in [2.05, 4.69) is 10.1 Å². The topological polar surface area (TPSA) is 87.7 Å². The summed E-state index contributed by atoms with van der Waals surface area (Å²) in [7, 11) is 3.40. The van der Waals surface area contributed by atoms with Crippen LogP contribution in [0.4, 0.5) is 0 Å². The number of fused-ring (bicyclic) bond motifs is 1. The standard InChI is InChI=1S/C22H22N4O4S/c1-5-30-21(28)18-13(2)24-22-26(19(18)15-6-8-16(29-4)9-7-15)20(27)17(31-22)10-14-11-23-25(3)12-14/h6-12,19H,5H2,1-4H3/b17-10-. The molecule has 0 aliphatic carbocycles. The Morgan fingerprint density at radius 2 is 2.03 bits per heavy atom. The maximum atomic E-state index is 13.4. The lowest BCUT2D eigenvalue weighted by atomic mass is 9.96. The molecule has 3 aromatic rings. The van der Waals surface area contributed by atoms with Gasteiger partial charge in [0.25, 0.3) is 5.56 Å². The van der Waals surface area contributed by atoms with Crippen LogP contribution in [-0.2, 0) is 16.6 Å². The number of carbonyl (C=O) groups excluding carboxylic acids is 1.